The highest BCUT2D eigenvalue weighted by molar-refractivity contribution is 7.99. The summed E-state index contributed by atoms with van der Waals surface area (Å²) in [4.78, 5) is 2.69. The second-order valence-corrected chi connectivity index (χ2v) is 7.00. The van der Waals surface area contributed by atoms with E-state index in [0.29, 0.717) is 6.04 Å². The zero-order valence-corrected chi connectivity index (χ0v) is 12.9. The van der Waals surface area contributed by atoms with Crippen molar-refractivity contribution in [2.45, 2.75) is 52.6 Å². The van der Waals surface area contributed by atoms with Gasteiger partial charge in [-0.25, -0.2) is 0 Å². The molecule has 1 heterocycles. The van der Waals surface area contributed by atoms with Gasteiger partial charge < -0.3 is 5.32 Å². The highest BCUT2D eigenvalue weighted by atomic mass is 32.2. The van der Waals surface area contributed by atoms with Crippen molar-refractivity contribution in [1.82, 2.24) is 10.2 Å². The first-order valence-corrected chi connectivity index (χ1v) is 8.34. The molecule has 0 radical (unpaired) electrons. The van der Waals surface area contributed by atoms with Gasteiger partial charge >= 0.3 is 0 Å². The van der Waals surface area contributed by atoms with Crippen LogP contribution in [0.5, 0.6) is 0 Å². The summed E-state index contributed by atoms with van der Waals surface area (Å²) in [5.74, 6) is 3.33. The molecule has 1 fully saturated rings. The standard InChI is InChI=1S/C14H30N2S/c1-5-17-9-8-16-11-14(10-12(2)3)15-7-6-13(16)4/h12-15H,5-11H2,1-4H3. The van der Waals surface area contributed by atoms with E-state index in [1.54, 1.807) is 0 Å². The molecular formula is C14H30N2S. The topological polar surface area (TPSA) is 15.3 Å². The van der Waals surface area contributed by atoms with Gasteiger partial charge in [0, 0.05) is 30.9 Å². The van der Waals surface area contributed by atoms with E-state index >= 15 is 0 Å². The molecule has 2 nitrogen and oxygen atoms in total. The van der Waals surface area contributed by atoms with Crippen LogP contribution in [-0.2, 0) is 0 Å². The van der Waals surface area contributed by atoms with E-state index in [2.05, 4.69) is 49.7 Å². The van der Waals surface area contributed by atoms with Crippen LogP contribution in [0.4, 0.5) is 0 Å². The molecule has 1 rings (SSSR count). The Balaban J connectivity index is 2.40. The van der Waals surface area contributed by atoms with E-state index in [-0.39, 0.29) is 0 Å². The van der Waals surface area contributed by atoms with Gasteiger partial charge in [0.25, 0.3) is 0 Å². The van der Waals surface area contributed by atoms with Crippen molar-refractivity contribution in [3.63, 3.8) is 0 Å². The van der Waals surface area contributed by atoms with Crippen molar-refractivity contribution in [3.05, 3.63) is 0 Å². The summed E-state index contributed by atoms with van der Waals surface area (Å²) in [7, 11) is 0. The van der Waals surface area contributed by atoms with Gasteiger partial charge in [-0.3, -0.25) is 4.90 Å². The minimum Gasteiger partial charge on any atom is -0.313 e. The molecule has 0 saturated carbocycles. The van der Waals surface area contributed by atoms with Crippen molar-refractivity contribution in [2.75, 3.05) is 31.1 Å². The van der Waals surface area contributed by atoms with Crippen molar-refractivity contribution in [2.24, 2.45) is 5.92 Å². The molecule has 0 spiro atoms. The van der Waals surface area contributed by atoms with Crippen molar-refractivity contribution >= 4 is 11.8 Å². The second-order valence-electron chi connectivity index (χ2n) is 5.61. The Morgan fingerprint density at radius 3 is 2.82 bits per heavy atom. The summed E-state index contributed by atoms with van der Waals surface area (Å²) in [6.45, 7) is 13.0. The van der Waals surface area contributed by atoms with E-state index in [9.17, 15) is 0 Å². The molecule has 1 aliphatic heterocycles. The normalized spacial score (nSPS) is 27.4. The molecule has 0 bridgehead atoms. The van der Waals surface area contributed by atoms with Gasteiger partial charge in [0.1, 0.15) is 0 Å². The molecule has 17 heavy (non-hydrogen) atoms. The number of rotatable bonds is 6. The van der Waals surface area contributed by atoms with Crippen LogP contribution >= 0.6 is 11.8 Å². The number of thioether (sulfide) groups is 1. The Morgan fingerprint density at radius 1 is 1.41 bits per heavy atom. The van der Waals surface area contributed by atoms with Crippen LogP contribution in [0.15, 0.2) is 0 Å². The van der Waals surface area contributed by atoms with Gasteiger partial charge in [0.05, 0.1) is 0 Å². The largest absolute Gasteiger partial charge is 0.313 e. The van der Waals surface area contributed by atoms with E-state index in [0.717, 1.165) is 12.0 Å². The molecule has 1 saturated heterocycles. The molecule has 1 aliphatic rings. The Morgan fingerprint density at radius 2 is 2.18 bits per heavy atom. The minimum atomic E-state index is 0.701. The fourth-order valence-corrected chi connectivity index (χ4v) is 3.22. The van der Waals surface area contributed by atoms with Gasteiger partial charge in [-0.15, -0.1) is 0 Å². The fraction of sp³-hybridized carbons (Fsp3) is 1.00. The summed E-state index contributed by atoms with van der Waals surface area (Å²) in [6, 6.07) is 1.45. The number of hydrogen-bond donors (Lipinski definition) is 1. The van der Waals surface area contributed by atoms with E-state index in [4.69, 9.17) is 0 Å². The minimum absolute atomic E-state index is 0.701. The highest BCUT2D eigenvalue weighted by Crippen LogP contribution is 2.14. The Bertz CT molecular complexity index is 197. The van der Waals surface area contributed by atoms with Gasteiger partial charge in [-0.05, 0) is 38.0 Å². The lowest BCUT2D eigenvalue weighted by Crippen LogP contribution is -2.41. The SMILES string of the molecule is CCSCCN1CC(CC(C)C)NCCC1C. The summed E-state index contributed by atoms with van der Waals surface area (Å²) < 4.78 is 0. The molecule has 3 heteroatoms. The first kappa shape index (κ1) is 15.3. The van der Waals surface area contributed by atoms with E-state index in [1.807, 2.05) is 0 Å². The first-order chi connectivity index (χ1) is 8.13. The van der Waals surface area contributed by atoms with Gasteiger partial charge in [0.15, 0.2) is 0 Å². The maximum Gasteiger partial charge on any atom is 0.0197 e. The van der Waals surface area contributed by atoms with Crippen LogP contribution in [-0.4, -0.2) is 48.1 Å². The Hall–Kier alpha value is 0.270. The third-order valence-electron chi connectivity index (χ3n) is 3.56. The molecule has 0 aromatic heterocycles. The van der Waals surface area contributed by atoms with Gasteiger partial charge in [-0.1, -0.05) is 20.8 Å². The van der Waals surface area contributed by atoms with E-state index in [1.165, 1.54) is 44.0 Å². The van der Waals surface area contributed by atoms with Crippen LogP contribution < -0.4 is 5.32 Å². The number of nitrogens with one attached hydrogen (secondary N) is 1. The third kappa shape index (κ3) is 6.12. The van der Waals surface area contributed by atoms with E-state index < -0.39 is 0 Å². The van der Waals surface area contributed by atoms with Gasteiger partial charge in [-0.2, -0.15) is 11.8 Å². The molecule has 0 aromatic rings. The molecule has 0 aliphatic carbocycles. The average molecular weight is 258 g/mol. The zero-order valence-electron chi connectivity index (χ0n) is 12.0. The molecule has 2 unspecified atom stereocenters. The number of hydrogen-bond acceptors (Lipinski definition) is 3. The molecular weight excluding hydrogens is 228 g/mol. The van der Waals surface area contributed by atoms with Crippen molar-refractivity contribution < 1.29 is 0 Å². The fourth-order valence-electron chi connectivity index (χ4n) is 2.57. The van der Waals surface area contributed by atoms with Gasteiger partial charge in [0.2, 0.25) is 0 Å². The van der Waals surface area contributed by atoms with Crippen molar-refractivity contribution in [3.8, 4) is 0 Å². The van der Waals surface area contributed by atoms with Crippen LogP contribution in [0.25, 0.3) is 0 Å². The molecule has 1 N–H and O–H groups in total. The third-order valence-corrected chi connectivity index (χ3v) is 4.44. The lowest BCUT2D eigenvalue weighted by Gasteiger charge is -2.29. The van der Waals surface area contributed by atoms with Crippen molar-refractivity contribution in [1.29, 1.82) is 0 Å². The lowest BCUT2D eigenvalue weighted by molar-refractivity contribution is 0.210. The van der Waals surface area contributed by atoms with Crippen LogP contribution in [0.1, 0.15) is 40.5 Å². The van der Waals surface area contributed by atoms with Crippen LogP contribution in [0.3, 0.4) is 0 Å². The number of nitrogens with zero attached hydrogens (tertiary/aromatic N) is 1. The molecule has 102 valence electrons. The zero-order chi connectivity index (χ0) is 12.7. The van der Waals surface area contributed by atoms with Crippen LogP contribution in [0, 0.1) is 5.92 Å². The Labute approximate surface area is 112 Å². The second kappa shape index (κ2) is 8.39. The molecule has 0 amide bonds. The quantitative estimate of drug-likeness (QED) is 0.738. The van der Waals surface area contributed by atoms with Crippen LogP contribution in [0.2, 0.25) is 0 Å². The summed E-state index contributed by atoms with van der Waals surface area (Å²) in [5, 5.41) is 3.72. The first-order valence-electron chi connectivity index (χ1n) is 7.18. The smallest absolute Gasteiger partial charge is 0.0197 e. The summed E-state index contributed by atoms with van der Waals surface area (Å²) >= 11 is 2.06. The highest BCUT2D eigenvalue weighted by Gasteiger charge is 2.22. The molecule has 2 atom stereocenters. The maximum absolute atomic E-state index is 3.72. The predicted octanol–water partition coefficient (Wildman–Crippen LogP) is 2.84. The molecule has 0 aromatic carbocycles. The predicted molar refractivity (Wildman–Crippen MR) is 79.9 cm³/mol. The summed E-state index contributed by atoms with van der Waals surface area (Å²) in [5.41, 5.74) is 0. The summed E-state index contributed by atoms with van der Waals surface area (Å²) in [6.07, 6.45) is 2.61. The average Bonchev–Trinajstić information content (AvgIpc) is 2.41. The Kier molecular flexibility index (Phi) is 7.56. The maximum atomic E-state index is 3.72. The lowest BCUT2D eigenvalue weighted by atomic mass is 10.0. The monoisotopic (exact) mass is 258 g/mol.